The molecule has 0 saturated carbocycles. The molecule has 1 aliphatic rings. The first kappa shape index (κ1) is 40.1. The molecular weight excluding hydrogens is 656 g/mol. The molecule has 46 heavy (non-hydrogen) atoms. The lowest BCUT2D eigenvalue weighted by Crippen LogP contribution is -2.32. The molecule has 3 amide bonds. The zero-order valence-electron chi connectivity index (χ0n) is 24.6. The van der Waals surface area contributed by atoms with Crippen molar-refractivity contribution in [1.29, 1.82) is 0 Å². The van der Waals surface area contributed by atoms with Crippen LogP contribution >= 0.6 is 15.6 Å². The fourth-order valence-electron chi connectivity index (χ4n) is 2.91. The maximum atomic E-state index is 11.6. The second-order valence-corrected chi connectivity index (χ2v) is 11.6. The van der Waals surface area contributed by atoms with E-state index in [1.54, 1.807) is 0 Å². The lowest BCUT2D eigenvalue weighted by Gasteiger charge is -2.12. The summed E-state index contributed by atoms with van der Waals surface area (Å²) < 4.78 is 38.4. The number of hydrogen-bond donors (Lipinski definition) is 4. The van der Waals surface area contributed by atoms with Crippen LogP contribution in [-0.2, 0) is 41.7 Å². The summed E-state index contributed by atoms with van der Waals surface area (Å²) in [5, 5.41) is 2.98. The SMILES string of the molecule is COP(=O)(O)OCCN.COP(=O)(O)OCCNC(=O)c1ccc(C=O)cc1.O=Cc1ccc(C(=O)ON2C(=O)CCC2=O)cc1. The average Bonchev–Trinajstić information content (AvgIpc) is 3.38. The number of hydroxylamine groups is 2. The number of phosphoric acid groups is 2. The number of carbonyl (C=O) groups is 6. The predicted octanol–water partition coefficient (Wildman–Crippen LogP) is 1.42. The number of rotatable bonds is 14. The highest BCUT2D eigenvalue weighted by molar-refractivity contribution is 7.47. The summed E-state index contributed by atoms with van der Waals surface area (Å²) in [6.07, 6.45) is 1.42. The standard InChI is InChI=1S/C12H9NO5.C11H14NO6P.C3H10NO4P/c14-7-8-1-3-9(4-2-8)12(17)18-13-10(15)5-6-11(13)16;1-17-19(15,16)18-7-6-12-11(14)10-4-2-9(8-13)3-5-10;1-7-9(5,6)8-3-2-4/h1-4,7H,5-6H2;2-5,8H,6-7H2,1H3,(H,12,14)(H,15,16);2-4H2,1H3,(H,5,6). The maximum Gasteiger partial charge on any atom is 0.471 e. The van der Waals surface area contributed by atoms with E-state index >= 15 is 0 Å². The number of nitrogens with two attached hydrogens (primary N) is 1. The van der Waals surface area contributed by atoms with Crippen LogP contribution < -0.4 is 11.1 Å². The van der Waals surface area contributed by atoms with Crippen LogP contribution in [0.3, 0.4) is 0 Å². The van der Waals surface area contributed by atoms with Crippen molar-refractivity contribution in [3.05, 3.63) is 70.8 Å². The van der Waals surface area contributed by atoms with Crippen molar-refractivity contribution in [2.45, 2.75) is 12.8 Å². The van der Waals surface area contributed by atoms with Crippen molar-refractivity contribution in [2.75, 3.05) is 40.5 Å². The Morgan fingerprint density at radius 1 is 0.826 bits per heavy atom. The molecule has 3 rings (SSSR count). The first-order chi connectivity index (χ1) is 21.7. The van der Waals surface area contributed by atoms with Crippen molar-refractivity contribution in [1.82, 2.24) is 10.4 Å². The number of aldehydes is 2. The zero-order chi connectivity index (χ0) is 34.8. The van der Waals surface area contributed by atoms with Gasteiger partial charge in [0.25, 0.3) is 17.7 Å². The van der Waals surface area contributed by atoms with Crippen molar-refractivity contribution in [3.63, 3.8) is 0 Å². The van der Waals surface area contributed by atoms with E-state index in [1.807, 2.05) is 0 Å². The molecule has 20 heteroatoms. The molecular formula is C26H33N3O15P2. The quantitative estimate of drug-likeness (QED) is 0.0945. The molecule has 252 valence electrons. The van der Waals surface area contributed by atoms with E-state index in [4.69, 9.17) is 20.4 Å². The molecule has 2 aromatic rings. The van der Waals surface area contributed by atoms with Crippen molar-refractivity contribution in [3.8, 4) is 0 Å². The summed E-state index contributed by atoms with van der Waals surface area (Å²) in [6.45, 7) is 0.136. The molecule has 1 heterocycles. The minimum Gasteiger partial charge on any atom is -0.350 e. The second kappa shape index (κ2) is 20.2. The van der Waals surface area contributed by atoms with E-state index in [1.165, 1.54) is 48.5 Å². The van der Waals surface area contributed by atoms with Crippen molar-refractivity contribution < 1.29 is 70.6 Å². The normalized spacial score (nSPS) is 14.8. The summed E-state index contributed by atoms with van der Waals surface area (Å²) in [5.41, 5.74) is 6.41. The summed E-state index contributed by atoms with van der Waals surface area (Å²) >= 11 is 0. The molecule has 1 aliphatic heterocycles. The summed E-state index contributed by atoms with van der Waals surface area (Å²) in [5.74, 6) is -2.24. The van der Waals surface area contributed by atoms with Gasteiger partial charge in [-0.2, -0.15) is 0 Å². The lowest BCUT2D eigenvalue weighted by atomic mass is 10.1. The molecule has 0 aliphatic carbocycles. The minimum atomic E-state index is -4.01. The minimum absolute atomic E-state index is 0.0294. The Balaban J connectivity index is 0.000000368. The molecule has 2 aromatic carbocycles. The fourth-order valence-corrected chi connectivity index (χ4v) is 3.77. The van der Waals surface area contributed by atoms with Crippen LogP contribution in [0.1, 0.15) is 54.3 Å². The number of hydrogen-bond acceptors (Lipinski definition) is 14. The molecule has 1 saturated heterocycles. The number of phosphoric ester groups is 2. The van der Waals surface area contributed by atoms with Gasteiger partial charge in [-0.3, -0.25) is 42.1 Å². The Hall–Kier alpha value is -3.96. The Morgan fingerprint density at radius 2 is 1.26 bits per heavy atom. The fraction of sp³-hybridized carbons (Fsp3) is 0.308. The van der Waals surface area contributed by atoms with Gasteiger partial charge in [0.05, 0.1) is 18.8 Å². The summed E-state index contributed by atoms with van der Waals surface area (Å²) in [6, 6.07) is 11.7. The Kier molecular flexibility index (Phi) is 17.6. The van der Waals surface area contributed by atoms with E-state index in [0.717, 1.165) is 14.2 Å². The third kappa shape index (κ3) is 14.9. The second-order valence-electron chi connectivity index (χ2n) is 8.45. The number of amides is 3. The first-order valence-electron chi connectivity index (χ1n) is 13.0. The van der Waals surface area contributed by atoms with Gasteiger partial charge in [0.2, 0.25) is 0 Å². The van der Waals surface area contributed by atoms with Crippen LogP contribution in [0.25, 0.3) is 0 Å². The molecule has 0 aromatic heterocycles. The van der Waals surface area contributed by atoms with Crippen LogP contribution in [0.5, 0.6) is 0 Å². The smallest absolute Gasteiger partial charge is 0.350 e. The van der Waals surface area contributed by atoms with Gasteiger partial charge in [0, 0.05) is 56.8 Å². The van der Waals surface area contributed by atoms with Gasteiger partial charge < -0.3 is 25.7 Å². The van der Waals surface area contributed by atoms with Gasteiger partial charge in [-0.25, -0.2) is 13.9 Å². The Bertz CT molecular complexity index is 1420. The summed E-state index contributed by atoms with van der Waals surface area (Å²) in [7, 11) is -5.63. The van der Waals surface area contributed by atoms with Gasteiger partial charge in [-0.05, 0) is 24.3 Å². The van der Waals surface area contributed by atoms with Gasteiger partial charge in [0.15, 0.2) is 0 Å². The van der Waals surface area contributed by atoms with Crippen LogP contribution in [0, 0.1) is 0 Å². The van der Waals surface area contributed by atoms with Gasteiger partial charge >= 0.3 is 21.6 Å². The topological polar surface area (TPSA) is 264 Å². The van der Waals surface area contributed by atoms with Crippen LogP contribution in [0.4, 0.5) is 0 Å². The monoisotopic (exact) mass is 689 g/mol. The average molecular weight is 690 g/mol. The van der Waals surface area contributed by atoms with Crippen LogP contribution in [0.2, 0.25) is 0 Å². The number of carbonyl (C=O) groups excluding carboxylic acids is 6. The number of benzene rings is 2. The third-order valence-corrected chi connectivity index (χ3v) is 7.19. The van der Waals surface area contributed by atoms with Gasteiger partial charge in [-0.15, -0.1) is 5.06 Å². The highest BCUT2D eigenvalue weighted by atomic mass is 31.2. The van der Waals surface area contributed by atoms with E-state index in [9.17, 15) is 37.9 Å². The first-order valence-corrected chi connectivity index (χ1v) is 15.9. The molecule has 5 N–H and O–H groups in total. The largest absolute Gasteiger partial charge is 0.471 e. The lowest BCUT2D eigenvalue weighted by molar-refractivity contribution is -0.172. The molecule has 0 radical (unpaired) electrons. The highest BCUT2D eigenvalue weighted by Gasteiger charge is 2.33. The number of nitrogens with zero attached hydrogens (tertiary/aromatic N) is 1. The molecule has 1 fully saturated rings. The van der Waals surface area contributed by atoms with E-state index in [0.29, 0.717) is 34.3 Å². The zero-order valence-corrected chi connectivity index (χ0v) is 26.4. The predicted molar refractivity (Wildman–Crippen MR) is 157 cm³/mol. The Labute approximate surface area is 262 Å². The van der Waals surface area contributed by atoms with E-state index in [-0.39, 0.29) is 50.6 Å². The number of imide groups is 1. The summed E-state index contributed by atoms with van der Waals surface area (Å²) in [4.78, 5) is 88.7. The molecule has 18 nitrogen and oxygen atoms in total. The molecule has 0 spiro atoms. The van der Waals surface area contributed by atoms with Crippen LogP contribution in [0.15, 0.2) is 48.5 Å². The maximum absolute atomic E-state index is 11.6. The highest BCUT2D eigenvalue weighted by Crippen LogP contribution is 2.41. The van der Waals surface area contributed by atoms with Gasteiger partial charge in [0.1, 0.15) is 12.6 Å². The van der Waals surface area contributed by atoms with E-state index < -0.39 is 33.4 Å². The van der Waals surface area contributed by atoms with Crippen molar-refractivity contribution in [2.24, 2.45) is 5.73 Å². The Morgan fingerprint density at radius 3 is 1.67 bits per heavy atom. The number of nitrogens with one attached hydrogen (secondary N) is 1. The third-order valence-electron chi connectivity index (χ3n) is 5.25. The van der Waals surface area contributed by atoms with Gasteiger partial charge in [-0.1, -0.05) is 24.3 Å². The van der Waals surface area contributed by atoms with Crippen molar-refractivity contribution >= 4 is 51.9 Å². The molecule has 0 bridgehead atoms. The van der Waals surface area contributed by atoms with Crippen LogP contribution in [-0.4, -0.2) is 91.6 Å². The molecule has 2 atom stereocenters. The van der Waals surface area contributed by atoms with E-state index in [2.05, 4.69) is 23.4 Å². The molecule has 2 unspecified atom stereocenters.